The number of thiophene rings is 1. The van der Waals surface area contributed by atoms with Crippen LogP contribution in [0.1, 0.15) is 48.3 Å². The molecule has 0 aliphatic carbocycles. The third-order valence-corrected chi connectivity index (χ3v) is 4.57. The first-order chi connectivity index (χ1) is 10.8. The molecule has 6 heteroatoms. The first kappa shape index (κ1) is 17.2. The van der Waals surface area contributed by atoms with Crippen molar-refractivity contribution in [2.75, 3.05) is 6.61 Å². The molecule has 122 valence electrons. The summed E-state index contributed by atoms with van der Waals surface area (Å²) in [6, 6.07) is 4.82. The van der Waals surface area contributed by atoms with Gasteiger partial charge in [0.2, 0.25) is 0 Å². The molecular weight excluding hydrogens is 314 g/mol. The zero-order valence-corrected chi connectivity index (χ0v) is 14.0. The molecule has 2 aromatic rings. The molecule has 0 aliphatic heterocycles. The number of carbonyl (C=O) groups excluding carboxylic acids is 1. The smallest absolute Gasteiger partial charge is 0.336 e. The van der Waals surface area contributed by atoms with E-state index in [1.54, 1.807) is 0 Å². The second-order valence-corrected chi connectivity index (χ2v) is 6.44. The number of aliphatic hydroxyl groups excluding tert-OH is 1. The summed E-state index contributed by atoms with van der Waals surface area (Å²) in [4.78, 5) is 23.5. The van der Waals surface area contributed by atoms with Crippen molar-refractivity contribution in [3.8, 4) is 0 Å². The highest BCUT2D eigenvalue weighted by molar-refractivity contribution is 7.12. The van der Waals surface area contributed by atoms with E-state index in [0.29, 0.717) is 4.88 Å². The van der Waals surface area contributed by atoms with Gasteiger partial charge in [-0.2, -0.15) is 0 Å². The van der Waals surface area contributed by atoms with E-state index < -0.39 is 12.0 Å². The quantitative estimate of drug-likeness (QED) is 0.785. The van der Waals surface area contributed by atoms with E-state index in [4.69, 9.17) is 5.11 Å². The van der Waals surface area contributed by atoms with E-state index >= 15 is 0 Å². The standard InChI is InChI=1S/C17H19NO4S/c1-9-4-10(2)15(11(3)5-9)13(7-19)18-16(20)14-6-12(8-23-14)17(21)22/h4-6,8,13,19H,7H2,1-3H3,(H,18,20)(H,21,22). The Morgan fingerprint density at radius 3 is 2.26 bits per heavy atom. The molecule has 5 nitrogen and oxygen atoms in total. The van der Waals surface area contributed by atoms with Gasteiger partial charge in [0.05, 0.1) is 23.1 Å². The zero-order chi connectivity index (χ0) is 17.1. The number of aromatic carboxylic acids is 1. The summed E-state index contributed by atoms with van der Waals surface area (Å²) in [5.74, 6) is -1.45. The lowest BCUT2D eigenvalue weighted by atomic mass is 9.94. The van der Waals surface area contributed by atoms with Crippen molar-refractivity contribution in [3.63, 3.8) is 0 Å². The summed E-state index contributed by atoms with van der Waals surface area (Å²) in [5.41, 5.74) is 4.10. The summed E-state index contributed by atoms with van der Waals surface area (Å²) in [6.45, 7) is 5.65. The van der Waals surface area contributed by atoms with E-state index in [1.807, 2.05) is 32.9 Å². The number of rotatable bonds is 5. The summed E-state index contributed by atoms with van der Waals surface area (Å²) in [5, 5.41) is 22.8. The van der Waals surface area contributed by atoms with Gasteiger partial charge in [0, 0.05) is 5.38 Å². The van der Waals surface area contributed by atoms with Crippen molar-refractivity contribution >= 4 is 23.2 Å². The van der Waals surface area contributed by atoms with E-state index in [-0.39, 0.29) is 18.1 Å². The Bertz CT molecular complexity index is 728. The summed E-state index contributed by atoms with van der Waals surface area (Å²) in [6.07, 6.45) is 0. The molecular formula is C17H19NO4S. The second-order valence-electron chi connectivity index (χ2n) is 5.53. The van der Waals surface area contributed by atoms with Crippen molar-refractivity contribution in [1.82, 2.24) is 5.32 Å². The molecule has 0 radical (unpaired) electrons. The molecule has 1 aromatic carbocycles. The van der Waals surface area contributed by atoms with Crippen LogP contribution in [0.15, 0.2) is 23.6 Å². The fraction of sp³-hybridized carbons (Fsp3) is 0.294. The fourth-order valence-electron chi connectivity index (χ4n) is 2.75. The zero-order valence-electron chi connectivity index (χ0n) is 13.2. The summed E-state index contributed by atoms with van der Waals surface area (Å²) in [7, 11) is 0. The van der Waals surface area contributed by atoms with Gasteiger partial charge in [-0.05, 0) is 43.5 Å². The minimum absolute atomic E-state index is 0.0865. The van der Waals surface area contributed by atoms with Crippen LogP contribution in [0.4, 0.5) is 0 Å². The maximum Gasteiger partial charge on any atom is 0.336 e. The Kier molecular flexibility index (Phi) is 5.18. The number of hydrogen-bond donors (Lipinski definition) is 3. The number of carbonyl (C=O) groups is 2. The monoisotopic (exact) mass is 333 g/mol. The van der Waals surface area contributed by atoms with Crippen LogP contribution < -0.4 is 5.32 Å². The Labute approximate surface area is 138 Å². The maximum atomic E-state index is 12.3. The van der Waals surface area contributed by atoms with Crippen LogP contribution in [0.2, 0.25) is 0 Å². The average Bonchev–Trinajstić information content (AvgIpc) is 2.95. The molecule has 0 fully saturated rings. The van der Waals surface area contributed by atoms with Crippen molar-refractivity contribution in [1.29, 1.82) is 0 Å². The topological polar surface area (TPSA) is 86.6 Å². The highest BCUT2D eigenvalue weighted by Crippen LogP contribution is 2.24. The predicted molar refractivity (Wildman–Crippen MR) is 89.2 cm³/mol. The Balaban J connectivity index is 2.25. The number of hydrogen-bond acceptors (Lipinski definition) is 4. The third kappa shape index (κ3) is 3.78. The van der Waals surface area contributed by atoms with E-state index in [9.17, 15) is 14.7 Å². The average molecular weight is 333 g/mol. The van der Waals surface area contributed by atoms with E-state index in [0.717, 1.165) is 33.6 Å². The van der Waals surface area contributed by atoms with Crippen LogP contribution in [-0.4, -0.2) is 28.7 Å². The van der Waals surface area contributed by atoms with Gasteiger partial charge < -0.3 is 15.5 Å². The van der Waals surface area contributed by atoms with Crippen molar-refractivity contribution in [3.05, 3.63) is 56.3 Å². The minimum Gasteiger partial charge on any atom is -0.478 e. The minimum atomic E-state index is -1.07. The predicted octanol–water partition coefficient (Wildman–Crippen LogP) is 2.83. The van der Waals surface area contributed by atoms with Crippen LogP contribution >= 0.6 is 11.3 Å². The summed E-state index contributed by atoms with van der Waals surface area (Å²) >= 11 is 1.07. The number of carboxylic acids is 1. The van der Waals surface area contributed by atoms with Crippen LogP contribution in [0.3, 0.4) is 0 Å². The maximum absolute atomic E-state index is 12.3. The number of aryl methyl sites for hydroxylation is 3. The van der Waals surface area contributed by atoms with Gasteiger partial charge in [0.15, 0.2) is 0 Å². The van der Waals surface area contributed by atoms with Gasteiger partial charge in [-0.3, -0.25) is 4.79 Å². The number of carboxylic acid groups (broad SMARTS) is 1. The van der Waals surface area contributed by atoms with Gasteiger partial charge in [-0.15, -0.1) is 11.3 Å². The van der Waals surface area contributed by atoms with Gasteiger partial charge >= 0.3 is 5.97 Å². The van der Waals surface area contributed by atoms with Gasteiger partial charge in [0.25, 0.3) is 5.91 Å². The molecule has 0 spiro atoms. The highest BCUT2D eigenvalue weighted by Gasteiger charge is 2.20. The van der Waals surface area contributed by atoms with E-state index in [1.165, 1.54) is 11.4 Å². The summed E-state index contributed by atoms with van der Waals surface area (Å²) < 4.78 is 0. The van der Waals surface area contributed by atoms with Gasteiger partial charge in [-0.25, -0.2) is 4.79 Å². The number of nitrogens with one attached hydrogen (secondary N) is 1. The van der Waals surface area contributed by atoms with E-state index in [2.05, 4.69) is 5.32 Å². The Morgan fingerprint density at radius 2 is 1.78 bits per heavy atom. The largest absolute Gasteiger partial charge is 0.478 e. The first-order valence-electron chi connectivity index (χ1n) is 7.14. The van der Waals surface area contributed by atoms with Crippen LogP contribution in [0, 0.1) is 20.8 Å². The first-order valence-corrected chi connectivity index (χ1v) is 8.02. The van der Waals surface area contributed by atoms with Crippen molar-refractivity contribution in [2.45, 2.75) is 26.8 Å². The molecule has 1 amide bonds. The highest BCUT2D eigenvalue weighted by atomic mass is 32.1. The van der Waals surface area contributed by atoms with Crippen LogP contribution in [-0.2, 0) is 0 Å². The normalized spacial score (nSPS) is 12.0. The van der Waals surface area contributed by atoms with Crippen LogP contribution in [0.5, 0.6) is 0 Å². The second kappa shape index (κ2) is 6.93. The Morgan fingerprint density at radius 1 is 1.17 bits per heavy atom. The van der Waals surface area contributed by atoms with Crippen molar-refractivity contribution in [2.24, 2.45) is 0 Å². The van der Waals surface area contributed by atoms with Crippen LogP contribution in [0.25, 0.3) is 0 Å². The molecule has 0 saturated carbocycles. The molecule has 2 rings (SSSR count). The SMILES string of the molecule is Cc1cc(C)c(C(CO)NC(=O)c2cc(C(=O)O)cs2)c(C)c1. The molecule has 1 aromatic heterocycles. The third-order valence-electron chi connectivity index (χ3n) is 3.64. The fourth-order valence-corrected chi connectivity index (χ4v) is 3.53. The molecule has 1 heterocycles. The van der Waals surface area contributed by atoms with Crippen molar-refractivity contribution < 1.29 is 19.8 Å². The number of amides is 1. The number of aliphatic hydroxyl groups is 1. The molecule has 23 heavy (non-hydrogen) atoms. The van der Waals surface area contributed by atoms with Gasteiger partial charge in [-0.1, -0.05) is 17.7 Å². The lowest BCUT2D eigenvalue weighted by molar-refractivity contribution is 0.0697. The Hall–Kier alpha value is -2.18. The lowest BCUT2D eigenvalue weighted by Crippen LogP contribution is -2.31. The molecule has 3 N–H and O–H groups in total. The molecule has 0 bridgehead atoms. The molecule has 0 saturated heterocycles. The molecule has 1 atom stereocenters. The number of benzene rings is 1. The van der Waals surface area contributed by atoms with Gasteiger partial charge in [0.1, 0.15) is 0 Å². The molecule has 1 unspecified atom stereocenters. The lowest BCUT2D eigenvalue weighted by Gasteiger charge is -2.21. The molecule has 0 aliphatic rings.